The number of imide groups is 1. The van der Waals surface area contributed by atoms with Crippen LogP contribution < -0.4 is 10.6 Å². The van der Waals surface area contributed by atoms with E-state index < -0.39 is 35.0 Å². The van der Waals surface area contributed by atoms with E-state index in [2.05, 4.69) is 10.8 Å². The van der Waals surface area contributed by atoms with E-state index in [1.165, 1.54) is 7.05 Å². The molecule has 0 unspecified atom stereocenters. The highest BCUT2D eigenvalue weighted by Gasteiger charge is 2.35. The van der Waals surface area contributed by atoms with Crippen molar-refractivity contribution in [3.05, 3.63) is 12.1 Å². The molecule has 0 atom stereocenters. The number of nitrogens with zero attached hydrogens (tertiary/aromatic N) is 3. The number of carbonyl (C=O) groups excluding carboxylic acids is 2. The molecular formula is C18H35FN4O5. The van der Waals surface area contributed by atoms with Crippen molar-refractivity contribution in [1.29, 1.82) is 0 Å². The van der Waals surface area contributed by atoms with Gasteiger partial charge in [0.05, 0.1) is 19.3 Å². The predicted molar refractivity (Wildman–Crippen MR) is 106 cm³/mol. The molecule has 0 saturated carbocycles. The second-order valence-electron chi connectivity index (χ2n) is 7.06. The minimum Gasteiger partial charge on any atom is -0.443 e. The second kappa shape index (κ2) is 12.3. The van der Waals surface area contributed by atoms with Gasteiger partial charge in [0, 0.05) is 0 Å². The maximum Gasteiger partial charge on any atom is 0.424 e. The highest BCUT2D eigenvalue weighted by molar-refractivity contribution is 6.09. The van der Waals surface area contributed by atoms with Crippen LogP contribution in [-0.2, 0) is 16.0 Å². The number of hydrogen-bond donors (Lipinski definition) is 2. The normalized spacial score (nSPS) is 10.7. The summed E-state index contributed by atoms with van der Waals surface area (Å²) in [6.07, 6.45) is -1.17. The Balaban J connectivity index is 0. The molecule has 0 aromatic carbocycles. The van der Waals surface area contributed by atoms with Gasteiger partial charge in [-0.3, -0.25) is 0 Å². The summed E-state index contributed by atoms with van der Waals surface area (Å²) in [7, 11) is 1.50. The van der Waals surface area contributed by atoms with E-state index >= 15 is 0 Å². The lowest BCUT2D eigenvalue weighted by molar-refractivity contribution is 0.0428. The summed E-state index contributed by atoms with van der Waals surface area (Å²) in [5.41, 5.74) is 2.30. The number of halogens is 1. The van der Waals surface area contributed by atoms with Crippen molar-refractivity contribution >= 4 is 17.9 Å². The topological polar surface area (TPSA) is 120 Å². The van der Waals surface area contributed by atoms with E-state index in [1.54, 1.807) is 41.5 Å². The van der Waals surface area contributed by atoms with Crippen LogP contribution in [0, 0.1) is 5.95 Å². The number of ether oxygens (including phenoxy) is 2. The number of aliphatic hydroxyl groups is 1. The van der Waals surface area contributed by atoms with Crippen LogP contribution in [0.5, 0.6) is 0 Å². The van der Waals surface area contributed by atoms with E-state index in [0.29, 0.717) is 4.90 Å². The van der Waals surface area contributed by atoms with Crippen molar-refractivity contribution in [1.82, 2.24) is 9.78 Å². The molecule has 0 aliphatic rings. The average Bonchev–Trinajstić information content (AvgIpc) is 2.90. The van der Waals surface area contributed by atoms with Gasteiger partial charge in [0.25, 0.3) is 0 Å². The zero-order valence-corrected chi connectivity index (χ0v) is 18.4. The summed E-state index contributed by atoms with van der Waals surface area (Å²) in [5.74, 6) is -0.958. The number of anilines is 1. The van der Waals surface area contributed by atoms with Gasteiger partial charge in [-0.05, 0) is 48.6 Å². The Labute approximate surface area is 166 Å². The van der Waals surface area contributed by atoms with Crippen LogP contribution in [0.2, 0.25) is 0 Å². The monoisotopic (exact) mass is 406 g/mol. The maximum atomic E-state index is 14.4. The average molecular weight is 406 g/mol. The molecule has 1 aromatic heterocycles. The Bertz CT molecular complexity index is 578. The first-order chi connectivity index (χ1) is 12.9. The first kappa shape index (κ1) is 28.0. The molecule has 0 bridgehead atoms. The van der Waals surface area contributed by atoms with Crippen molar-refractivity contribution < 1.29 is 28.6 Å². The minimum atomic E-state index is -1.08. The summed E-state index contributed by atoms with van der Waals surface area (Å²) in [6.45, 7) is 13.2. The van der Waals surface area contributed by atoms with Crippen molar-refractivity contribution in [2.24, 2.45) is 5.73 Å². The fraction of sp³-hybridized carbons (Fsp3) is 0.722. The first-order valence-corrected chi connectivity index (χ1v) is 9.01. The third-order valence-corrected chi connectivity index (χ3v) is 2.46. The van der Waals surface area contributed by atoms with Gasteiger partial charge in [0.15, 0.2) is 0 Å². The molecule has 1 heterocycles. The second-order valence-corrected chi connectivity index (χ2v) is 7.06. The van der Waals surface area contributed by atoms with Crippen LogP contribution in [0.4, 0.5) is 19.7 Å². The predicted octanol–water partition coefficient (Wildman–Crippen LogP) is 3.29. The summed E-state index contributed by atoms with van der Waals surface area (Å²) < 4.78 is 25.5. The first-order valence-electron chi connectivity index (χ1n) is 9.01. The maximum absolute atomic E-state index is 14.4. The third kappa shape index (κ3) is 9.65. The van der Waals surface area contributed by atoms with Crippen LogP contribution in [0.1, 0.15) is 55.4 Å². The van der Waals surface area contributed by atoms with Crippen molar-refractivity contribution in [3.8, 4) is 0 Å². The van der Waals surface area contributed by atoms with Gasteiger partial charge in [-0.1, -0.05) is 13.8 Å². The molecule has 0 aliphatic carbocycles. The quantitative estimate of drug-likeness (QED) is 0.790. The van der Waals surface area contributed by atoms with Crippen LogP contribution in [-0.4, -0.2) is 51.9 Å². The summed E-state index contributed by atoms with van der Waals surface area (Å²) >= 11 is 0. The molecule has 164 valence electrons. The van der Waals surface area contributed by atoms with E-state index in [0.717, 1.165) is 10.9 Å². The van der Waals surface area contributed by atoms with Crippen LogP contribution in [0.15, 0.2) is 6.20 Å². The number of carbonyl (C=O) groups is 2. The van der Waals surface area contributed by atoms with E-state index in [-0.39, 0.29) is 13.2 Å². The van der Waals surface area contributed by atoms with Crippen LogP contribution in [0.3, 0.4) is 0 Å². The molecule has 0 fully saturated rings. The van der Waals surface area contributed by atoms with Gasteiger partial charge in [0.1, 0.15) is 16.9 Å². The molecule has 0 radical (unpaired) electrons. The molecule has 0 aliphatic heterocycles. The Hall–Kier alpha value is -2.20. The standard InChI is InChI=1S/C15H24FN3O5.C2H6.CH5N/c1-14(2,3)23-12(21)19(13(22)24-15(4,5)6)10-9-17-18(7-8-20)11(10)16;2*1-2/h9,20H,7-8H2,1-6H3;1-2H3;2H2,1H3. The third-order valence-electron chi connectivity index (χ3n) is 2.46. The van der Waals surface area contributed by atoms with Crippen LogP contribution >= 0.6 is 0 Å². The van der Waals surface area contributed by atoms with E-state index in [4.69, 9.17) is 14.6 Å². The largest absolute Gasteiger partial charge is 0.443 e. The number of amides is 2. The van der Waals surface area contributed by atoms with Crippen molar-refractivity contribution in [2.75, 3.05) is 18.6 Å². The number of rotatable bonds is 3. The zero-order valence-electron chi connectivity index (χ0n) is 18.4. The highest BCUT2D eigenvalue weighted by Crippen LogP contribution is 2.24. The van der Waals surface area contributed by atoms with Crippen molar-refractivity contribution in [2.45, 2.75) is 73.1 Å². The Morgan fingerprint density at radius 2 is 1.50 bits per heavy atom. The molecule has 28 heavy (non-hydrogen) atoms. The lowest BCUT2D eigenvalue weighted by Gasteiger charge is -2.27. The molecule has 3 N–H and O–H groups in total. The van der Waals surface area contributed by atoms with Gasteiger partial charge in [-0.15, -0.1) is 0 Å². The van der Waals surface area contributed by atoms with Crippen molar-refractivity contribution in [3.63, 3.8) is 0 Å². The number of nitrogens with two attached hydrogens (primary N) is 1. The molecule has 1 aromatic rings. The lowest BCUT2D eigenvalue weighted by atomic mass is 10.2. The fourth-order valence-corrected chi connectivity index (χ4v) is 1.65. The molecule has 0 spiro atoms. The minimum absolute atomic E-state index is 0.123. The zero-order chi connectivity index (χ0) is 22.7. The Morgan fingerprint density at radius 3 is 1.82 bits per heavy atom. The van der Waals surface area contributed by atoms with E-state index in [1.807, 2.05) is 13.8 Å². The molecule has 10 heteroatoms. The number of hydrogen-bond acceptors (Lipinski definition) is 7. The van der Waals surface area contributed by atoms with Gasteiger partial charge >= 0.3 is 12.2 Å². The lowest BCUT2D eigenvalue weighted by Crippen LogP contribution is -2.44. The Morgan fingerprint density at radius 1 is 1.11 bits per heavy atom. The molecule has 1 rings (SSSR count). The summed E-state index contributed by atoms with van der Waals surface area (Å²) in [6, 6.07) is 0. The SMILES string of the molecule is CC.CC(C)(C)OC(=O)N(C(=O)OC(C)(C)C)c1cnn(CCO)c1F.CN. The number of aromatic nitrogens is 2. The smallest absolute Gasteiger partial charge is 0.424 e. The fourth-order valence-electron chi connectivity index (χ4n) is 1.65. The van der Waals surface area contributed by atoms with Gasteiger partial charge < -0.3 is 20.3 Å². The molecular weight excluding hydrogens is 371 g/mol. The molecule has 0 saturated heterocycles. The number of aliphatic hydroxyl groups excluding tert-OH is 1. The summed E-state index contributed by atoms with van der Waals surface area (Å²) in [4.78, 5) is 25.2. The Kier molecular flexibility index (Phi) is 12.3. The van der Waals surface area contributed by atoms with Gasteiger partial charge in [0.2, 0.25) is 5.95 Å². The highest BCUT2D eigenvalue weighted by atomic mass is 19.1. The van der Waals surface area contributed by atoms with E-state index in [9.17, 15) is 14.0 Å². The summed E-state index contributed by atoms with van der Waals surface area (Å²) in [5, 5.41) is 12.6. The van der Waals surface area contributed by atoms with Gasteiger partial charge in [-0.25, -0.2) is 14.3 Å². The van der Waals surface area contributed by atoms with Crippen LogP contribution in [0.25, 0.3) is 0 Å². The molecule has 2 amide bonds. The molecule has 9 nitrogen and oxygen atoms in total. The van der Waals surface area contributed by atoms with Gasteiger partial charge in [-0.2, -0.15) is 14.4 Å².